The van der Waals surface area contributed by atoms with Crippen molar-refractivity contribution in [2.75, 3.05) is 86.4 Å². The number of fused-ring (bicyclic) bond motifs is 3. The van der Waals surface area contributed by atoms with E-state index in [1.807, 2.05) is 48.5 Å². The lowest BCUT2D eigenvalue weighted by molar-refractivity contribution is -0.141. The molecular weight excluding hydrogens is 628 g/mol. The Balaban J connectivity index is 1.06. The number of Topliss-reactive ketones (excluding diaryl/α,β-unsaturated/α-hetero) is 1. The topological polar surface area (TPSA) is 108 Å². The van der Waals surface area contributed by atoms with Crippen molar-refractivity contribution in [2.45, 2.75) is 13.0 Å². The highest BCUT2D eigenvalue weighted by molar-refractivity contribution is 6.55. The molecule has 1 atom stereocenters. The van der Waals surface area contributed by atoms with Crippen molar-refractivity contribution in [1.29, 1.82) is 0 Å². The number of carbonyl (C=O) groups is 2. The van der Waals surface area contributed by atoms with Crippen LogP contribution in [0.1, 0.15) is 23.6 Å². The third-order valence-electron chi connectivity index (χ3n) is 7.93. The number of ether oxygens (including phenoxy) is 8. The number of carbonyl (C=O) groups excluding carboxylic acids is 2. The predicted octanol–water partition coefficient (Wildman–Crippen LogP) is 4.77. The van der Waals surface area contributed by atoms with E-state index >= 15 is 0 Å². The average molecular weight is 671 g/mol. The van der Waals surface area contributed by atoms with E-state index in [1.54, 1.807) is 26.2 Å². The first kappa shape index (κ1) is 36.0. The molecule has 10 heteroatoms. The number of methoxy groups -OCH3 is 1. The maximum absolute atomic E-state index is 14.0. The number of hydrogen-bond donors (Lipinski definition) is 0. The van der Waals surface area contributed by atoms with Crippen LogP contribution in [-0.4, -0.2) is 104 Å². The highest BCUT2D eigenvalue weighted by Crippen LogP contribution is 2.54. The van der Waals surface area contributed by atoms with Crippen LogP contribution in [0.2, 0.25) is 0 Å². The molecule has 0 fully saturated rings. The third kappa shape index (κ3) is 9.02. The zero-order valence-corrected chi connectivity index (χ0v) is 28.0. The summed E-state index contributed by atoms with van der Waals surface area (Å²) < 4.78 is 43.6. The van der Waals surface area contributed by atoms with Gasteiger partial charge in [-0.25, -0.2) is 4.79 Å². The molecule has 0 amide bonds. The van der Waals surface area contributed by atoms with Crippen molar-refractivity contribution in [3.63, 3.8) is 0 Å². The van der Waals surface area contributed by atoms with Crippen LogP contribution in [0.4, 0.5) is 0 Å². The van der Waals surface area contributed by atoms with Crippen molar-refractivity contribution in [1.82, 2.24) is 0 Å². The normalized spacial score (nSPS) is 14.0. The van der Waals surface area contributed by atoms with E-state index < -0.39 is 12.1 Å². The molecule has 1 unspecified atom stereocenters. The second kappa shape index (κ2) is 18.4. The molecule has 0 aliphatic heterocycles. The van der Waals surface area contributed by atoms with Crippen LogP contribution < -0.4 is 4.74 Å². The summed E-state index contributed by atoms with van der Waals surface area (Å²) in [4.78, 5) is 27.3. The van der Waals surface area contributed by atoms with Gasteiger partial charge in [0.05, 0.1) is 72.7 Å². The Morgan fingerprint density at radius 2 is 1.18 bits per heavy atom. The lowest BCUT2D eigenvalue weighted by atomic mass is 9.95. The van der Waals surface area contributed by atoms with Crippen molar-refractivity contribution >= 4 is 39.2 Å². The Morgan fingerprint density at radius 3 is 1.71 bits per heavy atom. The molecule has 258 valence electrons. The third-order valence-corrected chi connectivity index (χ3v) is 7.93. The summed E-state index contributed by atoms with van der Waals surface area (Å²) in [5.74, 6) is 1.92. The fraction of sp³-hybridized carbons (Fsp3) is 0.385. The Bertz CT molecular complexity index is 1690. The lowest BCUT2D eigenvalue weighted by Crippen LogP contribution is -2.19. The molecule has 0 N–H and O–H groups in total. The van der Waals surface area contributed by atoms with E-state index in [0.717, 1.165) is 27.5 Å². The minimum Gasteiger partial charge on any atom is -0.491 e. The second-order valence-electron chi connectivity index (χ2n) is 11.2. The second-order valence-corrected chi connectivity index (χ2v) is 11.2. The number of ketones is 1. The fourth-order valence-electron chi connectivity index (χ4n) is 5.68. The van der Waals surface area contributed by atoms with Crippen molar-refractivity contribution < 1.29 is 47.5 Å². The number of benzene rings is 3. The highest BCUT2D eigenvalue weighted by Gasteiger charge is 2.43. The van der Waals surface area contributed by atoms with E-state index in [0.29, 0.717) is 102 Å². The molecule has 49 heavy (non-hydrogen) atoms. The van der Waals surface area contributed by atoms with Gasteiger partial charge >= 0.3 is 5.97 Å². The van der Waals surface area contributed by atoms with Gasteiger partial charge in [0, 0.05) is 23.8 Å². The van der Waals surface area contributed by atoms with Crippen LogP contribution >= 0.6 is 0 Å². The number of allylic oxidation sites excluding steroid dienone is 3. The standard InChI is InChI=1S/C39H42O10/c1-4-27(2)49-39(41)37-36-32-10-6-8-28-7-5-9-31(33(28)32)35(36)34(38(37)40)29-11-13-30(14-12-29)48-26-25-47-24-23-46-22-21-45-20-19-44-18-17-43-16-15-42-3/h1,5-14,27H,15-26H2,2-3H3. The Labute approximate surface area is 286 Å². The van der Waals surface area contributed by atoms with Crippen molar-refractivity contribution in [3.05, 3.63) is 82.9 Å². The first-order valence-corrected chi connectivity index (χ1v) is 16.4. The molecule has 2 aliphatic rings. The van der Waals surface area contributed by atoms with Gasteiger partial charge in [0.2, 0.25) is 5.78 Å². The number of terminal acetylenes is 1. The Hall–Kier alpha value is -4.34. The number of hydrogen-bond acceptors (Lipinski definition) is 10. The van der Waals surface area contributed by atoms with Crippen LogP contribution in [0, 0.1) is 12.3 Å². The zero-order valence-electron chi connectivity index (χ0n) is 28.0. The molecule has 0 spiro atoms. The molecule has 0 saturated carbocycles. The van der Waals surface area contributed by atoms with Gasteiger partial charge in [-0.3, -0.25) is 4.79 Å². The molecule has 10 nitrogen and oxygen atoms in total. The molecule has 0 bridgehead atoms. The lowest BCUT2D eigenvalue weighted by Gasteiger charge is -2.11. The maximum Gasteiger partial charge on any atom is 0.344 e. The molecule has 0 aromatic heterocycles. The molecule has 2 aliphatic carbocycles. The van der Waals surface area contributed by atoms with Gasteiger partial charge in [-0.1, -0.05) is 54.5 Å². The molecule has 0 radical (unpaired) electrons. The van der Waals surface area contributed by atoms with Crippen LogP contribution in [0.25, 0.3) is 27.5 Å². The average Bonchev–Trinajstić information content (AvgIpc) is 3.60. The van der Waals surface area contributed by atoms with Gasteiger partial charge in [0.15, 0.2) is 6.10 Å². The van der Waals surface area contributed by atoms with Crippen LogP contribution in [-0.2, 0) is 42.7 Å². The number of esters is 1. The molecule has 5 rings (SSSR count). The van der Waals surface area contributed by atoms with Gasteiger partial charge in [-0.05, 0) is 46.5 Å². The van der Waals surface area contributed by atoms with Gasteiger partial charge in [0.25, 0.3) is 0 Å². The van der Waals surface area contributed by atoms with E-state index in [1.165, 1.54) is 0 Å². The first-order chi connectivity index (χ1) is 24.0. The molecule has 0 saturated heterocycles. The summed E-state index contributed by atoms with van der Waals surface area (Å²) in [5, 5.41) is 2.03. The van der Waals surface area contributed by atoms with Gasteiger partial charge in [-0.15, -0.1) is 6.42 Å². The summed E-state index contributed by atoms with van der Waals surface area (Å²) in [6.45, 7) is 7.36. The van der Waals surface area contributed by atoms with E-state index in [-0.39, 0.29) is 11.4 Å². The summed E-state index contributed by atoms with van der Waals surface area (Å²) >= 11 is 0. The van der Waals surface area contributed by atoms with Gasteiger partial charge < -0.3 is 37.9 Å². The first-order valence-electron chi connectivity index (χ1n) is 16.4. The molecule has 3 aromatic rings. The van der Waals surface area contributed by atoms with Crippen molar-refractivity contribution in [3.8, 4) is 18.1 Å². The van der Waals surface area contributed by atoms with Crippen LogP contribution in [0.5, 0.6) is 5.75 Å². The minimum atomic E-state index is -0.771. The summed E-state index contributed by atoms with van der Waals surface area (Å²) in [6.07, 6.45) is 4.69. The van der Waals surface area contributed by atoms with E-state index in [9.17, 15) is 9.59 Å². The van der Waals surface area contributed by atoms with E-state index in [2.05, 4.69) is 5.92 Å². The summed E-state index contributed by atoms with van der Waals surface area (Å²) in [7, 11) is 1.64. The molecule has 0 heterocycles. The Kier molecular flexibility index (Phi) is 13.5. The fourth-order valence-corrected chi connectivity index (χ4v) is 5.68. The summed E-state index contributed by atoms with van der Waals surface area (Å²) in [5.41, 5.74) is 4.21. The van der Waals surface area contributed by atoms with E-state index in [4.69, 9.17) is 44.3 Å². The van der Waals surface area contributed by atoms with Crippen LogP contribution in [0.15, 0.2) is 66.2 Å². The maximum atomic E-state index is 14.0. The SMILES string of the molecule is C#CC(C)OC(=O)C1=C2C(=C(c3ccc(OCCOCCOCCOCCOCCOCCOC)cc3)C1=O)c1cccc3cccc2c13. The Morgan fingerprint density at radius 1 is 0.673 bits per heavy atom. The minimum absolute atomic E-state index is 0.00547. The van der Waals surface area contributed by atoms with Crippen LogP contribution in [0.3, 0.4) is 0 Å². The summed E-state index contributed by atoms with van der Waals surface area (Å²) in [6, 6.07) is 19.1. The quantitative estimate of drug-likeness (QED) is 0.0642. The zero-order chi connectivity index (χ0) is 34.4. The predicted molar refractivity (Wildman–Crippen MR) is 185 cm³/mol. The molecule has 3 aromatic carbocycles. The largest absolute Gasteiger partial charge is 0.491 e. The smallest absolute Gasteiger partial charge is 0.344 e. The molecular formula is C39H42O10. The monoisotopic (exact) mass is 670 g/mol. The number of rotatable bonds is 22. The highest BCUT2D eigenvalue weighted by atomic mass is 16.6. The van der Waals surface area contributed by atoms with Crippen molar-refractivity contribution in [2.24, 2.45) is 0 Å². The van der Waals surface area contributed by atoms with Gasteiger partial charge in [0.1, 0.15) is 17.9 Å². The van der Waals surface area contributed by atoms with Gasteiger partial charge in [-0.2, -0.15) is 0 Å².